The number of fused-ring (bicyclic) bond motifs is 1. The highest BCUT2D eigenvalue weighted by molar-refractivity contribution is 7.21. The zero-order valence-corrected chi connectivity index (χ0v) is 14.4. The number of nitrogens with zero attached hydrogens (tertiary/aromatic N) is 1. The van der Waals surface area contributed by atoms with Crippen LogP contribution in [0.4, 0.5) is 13.2 Å². The Labute approximate surface area is 147 Å². The third-order valence-electron chi connectivity index (χ3n) is 3.10. The molecule has 0 saturated carbocycles. The minimum Gasteiger partial charge on any atom is -0.441 e. The van der Waals surface area contributed by atoms with Gasteiger partial charge < -0.3 is 4.74 Å². The molecule has 3 aromatic rings. The average Bonchev–Trinajstić information content (AvgIpc) is 3.08. The minimum atomic E-state index is -4.76. The van der Waals surface area contributed by atoms with Crippen molar-refractivity contribution in [3.05, 3.63) is 50.2 Å². The molecule has 3 rings (SSSR count). The fourth-order valence-electron chi connectivity index (χ4n) is 2.06. The minimum absolute atomic E-state index is 0.0552. The lowest BCUT2D eigenvalue weighted by atomic mass is 10.2. The van der Waals surface area contributed by atoms with E-state index in [-0.39, 0.29) is 14.9 Å². The number of carbonyl (C=O) groups excluding carboxylic acids is 1. The van der Waals surface area contributed by atoms with E-state index in [0.29, 0.717) is 15.8 Å². The van der Waals surface area contributed by atoms with Crippen LogP contribution in [-0.4, -0.2) is 17.1 Å². The van der Waals surface area contributed by atoms with Crippen LogP contribution in [0.15, 0.2) is 29.6 Å². The number of thiazole rings is 1. The molecular weight excluding hydrogens is 383 g/mol. The Balaban J connectivity index is 1.94. The number of hydrogen-bond acceptors (Lipinski definition) is 5. The van der Waals surface area contributed by atoms with Crippen LogP contribution in [0, 0.1) is 6.92 Å². The van der Waals surface area contributed by atoms with Gasteiger partial charge in [0.25, 0.3) is 0 Å². The second kappa shape index (κ2) is 6.34. The first-order valence-corrected chi connectivity index (χ1v) is 8.71. The highest BCUT2D eigenvalue weighted by Crippen LogP contribution is 2.40. The second-order valence-corrected chi connectivity index (χ2v) is 7.22. The molecule has 0 fully saturated rings. The molecule has 0 saturated heterocycles. The molecule has 1 aromatic carbocycles. The van der Waals surface area contributed by atoms with Crippen molar-refractivity contribution in [3.63, 3.8) is 0 Å². The molecule has 126 valence electrons. The van der Waals surface area contributed by atoms with Crippen molar-refractivity contribution >= 4 is 50.3 Å². The van der Waals surface area contributed by atoms with Crippen LogP contribution in [0.1, 0.15) is 26.5 Å². The molecule has 0 bridgehead atoms. The van der Waals surface area contributed by atoms with Crippen molar-refractivity contribution in [2.45, 2.75) is 19.2 Å². The fourth-order valence-corrected chi connectivity index (χ4v) is 4.29. The van der Waals surface area contributed by atoms with Crippen molar-refractivity contribution in [2.75, 3.05) is 0 Å². The smallest absolute Gasteiger partial charge is 0.432 e. The molecule has 0 amide bonds. The molecular formula is C15H9ClF3NO2S2. The molecule has 0 radical (unpaired) electrons. The van der Waals surface area contributed by atoms with Gasteiger partial charge in [0.1, 0.15) is 9.88 Å². The van der Waals surface area contributed by atoms with E-state index < -0.39 is 18.2 Å². The molecule has 0 aliphatic heterocycles. The van der Waals surface area contributed by atoms with Gasteiger partial charge in [-0.15, -0.1) is 22.7 Å². The molecule has 2 heterocycles. The van der Waals surface area contributed by atoms with Gasteiger partial charge in [-0.3, -0.25) is 0 Å². The van der Waals surface area contributed by atoms with E-state index in [0.717, 1.165) is 22.7 Å². The van der Waals surface area contributed by atoms with Crippen LogP contribution >= 0.6 is 34.3 Å². The summed E-state index contributed by atoms with van der Waals surface area (Å²) in [4.78, 5) is 16.0. The van der Waals surface area contributed by atoms with E-state index in [1.54, 1.807) is 31.2 Å². The summed E-state index contributed by atoms with van der Waals surface area (Å²) in [5, 5.41) is 1.85. The molecule has 24 heavy (non-hydrogen) atoms. The number of halogens is 4. The first-order chi connectivity index (χ1) is 11.3. The van der Waals surface area contributed by atoms with E-state index in [4.69, 9.17) is 16.3 Å². The highest BCUT2D eigenvalue weighted by Gasteiger charge is 2.46. The molecule has 3 nitrogen and oxygen atoms in total. The van der Waals surface area contributed by atoms with Crippen molar-refractivity contribution in [1.29, 1.82) is 0 Å². The normalized spacial score (nSPS) is 13.2. The Hall–Kier alpha value is -1.64. The van der Waals surface area contributed by atoms with Gasteiger partial charge in [-0.05, 0) is 13.0 Å². The Kier molecular flexibility index (Phi) is 4.54. The zero-order chi connectivity index (χ0) is 17.5. The molecule has 1 atom stereocenters. The Morgan fingerprint density at radius 2 is 2.04 bits per heavy atom. The Bertz CT molecular complexity index is 904. The predicted molar refractivity (Wildman–Crippen MR) is 87.9 cm³/mol. The summed E-state index contributed by atoms with van der Waals surface area (Å²) < 4.78 is 45.2. The van der Waals surface area contributed by atoms with E-state index in [1.807, 2.05) is 0 Å². The number of ether oxygens (including phenoxy) is 1. The summed E-state index contributed by atoms with van der Waals surface area (Å²) in [5.41, 5.74) is 0.431. The molecule has 0 N–H and O–H groups in total. The van der Waals surface area contributed by atoms with Crippen molar-refractivity contribution in [3.8, 4) is 0 Å². The lowest BCUT2D eigenvalue weighted by molar-refractivity contribution is -0.207. The number of hydrogen-bond donors (Lipinski definition) is 0. The monoisotopic (exact) mass is 391 g/mol. The van der Waals surface area contributed by atoms with Gasteiger partial charge in [-0.25, -0.2) is 9.78 Å². The van der Waals surface area contributed by atoms with Gasteiger partial charge in [0, 0.05) is 21.2 Å². The molecule has 1 unspecified atom stereocenters. The maximum atomic E-state index is 13.3. The highest BCUT2D eigenvalue weighted by atomic mass is 35.5. The molecule has 9 heteroatoms. The van der Waals surface area contributed by atoms with Crippen LogP contribution < -0.4 is 0 Å². The Morgan fingerprint density at radius 3 is 2.62 bits per heavy atom. The quantitative estimate of drug-likeness (QED) is 0.531. The number of aromatic nitrogens is 1. The third-order valence-corrected chi connectivity index (χ3v) is 5.76. The maximum Gasteiger partial charge on any atom is 0.432 e. The number of alkyl halides is 3. The van der Waals surface area contributed by atoms with Crippen LogP contribution in [0.3, 0.4) is 0 Å². The molecule has 0 aliphatic rings. The summed E-state index contributed by atoms with van der Waals surface area (Å²) >= 11 is 7.90. The van der Waals surface area contributed by atoms with Gasteiger partial charge in [0.2, 0.25) is 6.10 Å². The van der Waals surface area contributed by atoms with Gasteiger partial charge in [0.15, 0.2) is 0 Å². The van der Waals surface area contributed by atoms with Gasteiger partial charge >= 0.3 is 12.1 Å². The van der Waals surface area contributed by atoms with E-state index in [2.05, 4.69) is 4.98 Å². The van der Waals surface area contributed by atoms with Gasteiger partial charge in [-0.1, -0.05) is 29.8 Å². The van der Waals surface area contributed by atoms with Crippen LogP contribution in [-0.2, 0) is 4.74 Å². The lowest BCUT2D eigenvalue weighted by Crippen LogP contribution is -2.26. The third kappa shape index (κ3) is 3.26. The van der Waals surface area contributed by atoms with Crippen molar-refractivity contribution in [1.82, 2.24) is 4.98 Å². The van der Waals surface area contributed by atoms with Gasteiger partial charge in [0.05, 0.1) is 5.02 Å². The molecule has 0 spiro atoms. The SMILES string of the molecule is Cc1csc(C(OC(=O)c2sc3ccccc3c2Cl)C(F)(F)F)n1. The number of aryl methyl sites for hydroxylation is 1. The standard InChI is InChI=1S/C15H9ClF3NO2S2/c1-7-6-23-13(20-7)12(15(17,18)19)22-14(21)11-10(16)8-4-2-3-5-9(8)24-11/h2-6,12H,1H3. The number of thiophene rings is 1. The number of esters is 1. The average molecular weight is 392 g/mol. The maximum absolute atomic E-state index is 13.3. The summed E-state index contributed by atoms with van der Waals surface area (Å²) in [6.45, 7) is 1.57. The largest absolute Gasteiger partial charge is 0.441 e. The van der Waals surface area contributed by atoms with Crippen LogP contribution in [0.2, 0.25) is 5.02 Å². The first-order valence-electron chi connectivity index (χ1n) is 6.64. The number of benzene rings is 1. The first kappa shape index (κ1) is 17.2. The van der Waals surface area contributed by atoms with E-state index in [1.165, 1.54) is 5.38 Å². The van der Waals surface area contributed by atoms with Crippen LogP contribution in [0.25, 0.3) is 10.1 Å². The summed E-state index contributed by atoms with van der Waals surface area (Å²) in [7, 11) is 0. The lowest BCUT2D eigenvalue weighted by Gasteiger charge is -2.18. The topological polar surface area (TPSA) is 39.2 Å². The van der Waals surface area contributed by atoms with Crippen molar-refractivity contribution in [2.24, 2.45) is 0 Å². The van der Waals surface area contributed by atoms with Crippen LogP contribution in [0.5, 0.6) is 0 Å². The van der Waals surface area contributed by atoms with Crippen molar-refractivity contribution < 1.29 is 22.7 Å². The van der Waals surface area contributed by atoms with E-state index in [9.17, 15) is 18.0 Å². The fraction of sp³-hybridized carbons (Fsp3) is 0.200. The van der Waals surface area contributed by atoms with E-state index >= 15 is 0 Å². The van der Waals surface area contributed by atoms with Gasteiger partial charge in [-0.2, -0.15) is 13.2 Å². The molecule has 0 aliphatic carbocycles. The summed E-state index contributed by atoms with van der Waals surface area (Å²) in [6, 6.07) is 6.90. The number of rotatable bonds is 3. The second-order valence-electron chi connectivity index (χ2n) is 4.90. The predicted octanol–water partition coefficient (Wildman–Crippen LogP) is 5.78. The zero-order valence-electron chi connectivity index (χ0n) is 12.1. The number of carbonyl (C=O) groups is 1. The summed E-state index contributed by atoms with van der Waals surface area (Å²) in [5.74, 6) is -1.11. The Morgan fingerprint density at radius 1 is 1.33 bits per heavy atom. The summed E-state index contributed by atoms with van der Waals surface area (Å²) in [6.07, 6.45) is -7.17. The molecule has 2 aromatic heterocycles.